The number of amides is 1. The standard InChI is InChI=1S/C29H26N4O4S3/c1-5-13-37-21-8-6-7-20(14-21)23-22(24(34)26-17(3)30-18(4)39-26)25(35)27(36)33(23)28-31-32-29(40-28)38-15-19-11-9-16(2)10-12-19/h5-12,14,23,35H,1,13,15H2,2-4H3. The molecule has 1 amide bonds. The van der Waals surface area contributed by atoms with Gasteiger partial charge in [-0.1, -0.05) is 77.7 Å². The summed E-state index contributed by atoms with van der Waals surface area (Å²) in [5.74, 6) is -0.541. The van der Waals surface area contributed by atoms with Crippen LogP contribution in [0.2, 0.25) is 0 Å². The van der Waals surface area contributed by atoms with E-state index < -0.39 is 23.5 Å². The molecule has 0 saturated carbocycles. The van der Waals surface area contributed by atoms with Gasteiger partial charge in [0.1, 0.15) is 12.4 Å². The highest BCUT2D eigenvalue weighted by molar-refractivity contribution is 8.00. The molecule has 40 heavy (non-hydrogen) atoms. The average Bonchev–Trinajstić information content (AvgIpc) is 3.62. The van der Waals surface area contributed by atoms with E-state index in [0.29, 0.717) is 38.6 Å². The molecular formula is C29H26N4O4S3. The van der Waals surface area contributed by atoms with E-state index in [9.17, 15) is 14.7 Å². The van der Waals surface area contributed by atoms with Gasteiger partial charge in [0.2, 0.25) is 10.9 Å². The van der Waals surface area contributed by atoms with E-state index in [2.05, 4.69) is 46.0 Å². The second kappa shape index (κ2) is 11.7. The lowest BCUT2D eigenvalue weighted by atomic mass is 9.95. The molecule has 4 aromatic rings. The summed E-state index contributed by atoms with van der Waals surface area (Å²) in [6.45, 7) is 9.57. The molecule has 1 N–H and O–H groups in total. The number of benzene rings is 2. The lowest BCUT2D eigenvalue weighted by molar-refractivity contribution is -0.117. The minimum absolute atomic E-state index is 0.0262. The summed E-state index contributed by atoms with van der Waals surface area (Å²) < 4.78 is 6.38. The fourth-order valence-corrected chi connectivity index (χ4v) is 7.03. The summed E-state index contributed by atoms with van der Waals surface area (Å²) in [6.07, 6.45) is 1.63. The van der Waals surface area contributed by atoms with Crippen LogP contribution in [0.1, 0.15) is 43.1 Å². The molecule has 0 saturated heterocycles. The van der Waals surface area contributed by atoms with Crippen molar-refractivity contribution in [3.05, 3.63) is 105 Å². The molecule has 0 spiro atoms. The minimum atomic E-state index is -0.933. The van der Waals surface area contributed by atoms with E-state index >= 15 is 0 Å². The monoisotopic (exact) mass is 590 g/mol. The smallest absolute Gasteiger partial charge is 0.296 e. The summed E-state index contributed by atoms with van der Waals surface area (Å²) in [4.78, 5) is 33.5. The number of aryl methyl sites for hydroxylation is 3. The van der Waals surface area contributed by atoms with Gasteiger partial charge in [0.05, 0.1) is 27.2 Å². The molecule has 1 atom stereocenters. The van der Waals surface area contributed by atoms with Gasteiger partial charge < -0.3 is 9.84 Å². The second-order valence-corrected chi connectivity index (χ2v) is 12.5. The van der Waals surface area contributed by atoms with Crippen LogP contribution in [0.25, 0.3) is 0 Å². The van der Waals surface area contributed by atoms with Crippen molar-refractivity contribution < 1.29 is 19.4 Å². The lowest BCUT2D eigenvalue weighted by Gasteiger charge is -2.24. The number of aliphatic hydroxyl groups is 1. The maximum absolute atomic E-state index is 13.8. The Balaban J connectivity index is 1.52. The number of anilines is 1. The summed E-state index contributed by atoms with van der Waals surface area (Å²) in [5.41, 5.74) is 3.44. The van der Waals surface area contributed by atoms with E-state index in [4.69, 9.17) is 4.74 Å². The number of Topliss-reactive ketones (excluding diaryl/α,β-unsaturated/α-hetero) is 1. The molecule has 2 aromatic carbocycles. The van der Waals surface area contributed by atoms with Crippen LogP contribution >= 0.6 is 34.4 Å². The van der Waals surface area contributed by atoms with Gasteiger partial charge in [-0.3, -0.25) is 14.5 Å². The molecule has 2 aromatic heterocycles. The summed E-state index contributed by atoms with van der Waals surface area (Å²) in [5, 5.41) is 20.7. The van der Waals surface area contributed by atoms with Crippen LogP contribution < -0.4 is 9.64 Å². The molecule has 204 valence electrons. The first-order chi connectivity index (χ1) is 19.3. The molecule has 5 rings (SSSR count). The van der Waals surface area contributed by atoms with E-state index in [1.807, 2.05) is 13.8 Å². The predicted molar refractivity (Wildman–Crippen MR) is 159 cm³/mol. The number of thiazole rings is 1. The van der Waals surface area contributed by atoms with Crippen molar-refractivity contribution in [1.29, 1.82) is 0 Å². The van der Waals surface area contributed by atoms with Crippen LogP contribution in [0.5, 0.6) is 5.75 Å². The van der Waals surface area contributed by atoms with Gasteiger partial charge in [-0.15, -0.1) is 21.5 Å². The molecule has 1 unspecified atom stereocenters. The highest BCUT2D eigenvalue weighted by Crippen LogP contribution is 2.45. The Morgan fingerprint density at radius 1 is 1.15 bits per heavy atom. The van der Waals surface area contributed by atoms with Gasteiger partial charge >= 0.3 is 0 Å². The van der Waals surface area contributed by atoms with Crippen LogP contribution in [-0.4, -0.2) is 38.6 Å². The van der Waals surface area contributed by atoms with Crippen LogP contribution in [0.4, 0.5) is 5.13 Å². The normalized spacial score (nSPS) is 15.1. The van der Waals surface area contributed by atoms with Crippen LogP contribution in [-0.2, 0) is 10.5 Å². The molecule has 8 nitrogen and oxygen atoms in total. The number of carbonyl (C=O) groups is 2. The average molecular weight is 591 g/mol. The number of aliphatic hydroxyl groups excluding tert-OH is 1. The fraction of sp³-hybridized carbons (Fsp3) is 0.207. The first kappa shape index (κ1) is 27.8. The zero-order chi connectivity index (χ0) is 28.4. The molecular weight excluding hydrogens is 565 g/mol. The maximum Gasteiger partial charge on any atom is 0.296 e. The first-order valence-electron chi connectivity index (χ1n) is 12.4. The van der Waals surface area contributed by atoms with Gasteiger partial charge in [0.25, 0.3) is 5.91 Å². The van der Waals surface area contributed by atoms with Gasteiger partial charge in [-0.05, 0) is 44.0 Å². The molecule has 11 heteroatoms. The Labute approximate surface area is 244 Å². The molecule has 0 bridgehead atoms. The third-order valence-corrected chi connectivity index (χ3v) is 9.39. The van der Waals surface area contributed by atoms with Gasteiger partial charge in [-0.25, -0.2) is 4.98 Å². The number of ketones is 1. The van der Waals surface area contributed by atoms with E-state index in [0.717, 1.165) is 10.6 Å². The number of ether oxygens (including phenoxy) is 1. The van der Waals surface area contributed by atoms with Crippen LogP contribution in [0.15, 0.2) is 76.9 Å². The van der Waals surface area contributed by atoms with Crippen molar-refractivity contribution >= 4 is 51.3 Å². The highest BCUT2D eigenvalue weighted by atomic mass is 32.2. The number of aromatic nitrogens is 3. The summed E-state index contributed by atoms with van der Waals surface area (Å²) >= 11 is 3.97. The second-order valence-electron chi connectivity index (χ2n) is 9.11. The number of hydrogen-bond donors (Lipinski definition) is 1. The van der Waals surface area contributed by atoms with E-state index in [-0.39, 0.29) is 10.7 Å². The molecule has 0 aliphatic carbocycles. The fourth-order valence-electron chi connectivity index (χ4n) is 4.33. The quantitative estimate of drug-likeness (QED) is 0.0958. The number of rotatable bonds is 10. The third-order valence-electron chi connectivity index (χ3n) is 6.19. The topological polar surface area (TPSA) is 106 Å². The Morgan fingerprint density at radius 3 is 2.62 bits per heavy atom. The zero-order valence-corrected chi connectivity index (χ0v) is 24.5. The Kier molecular flexibility index (Phi) is 8.15. The number of thioether (sulfide) groups is 1. The van der Waals surface area contributed by atoms with Gasteiger partial charge in [-0.2, -0.15) is 0 Å². The van der Waals surface area contributed by atoms with Crippen molar-refractivity contribution in [2.24, 2.45) is 0 Å². The Morgan fingerprint density at radius 2 is 1.93 bits per heavy atom. The van der Waals surface area contributed by atoms with Gasteiger partial charge in [0.15, 0.2) is 10.1 Å². The predicted octanol–water partition coefficient (Wildman–Crippen LogP) is 6.56. The Hall–Kier alpha value is -3.80. The molecule has 0 radical (unpaired) electrons. The summed E-state index contributed by atoms with van der Waals surface area (Å²) in [7, 11) is 0. The molecule has 3 heterocycles. The number of carbonyl (C=O) groups excluding carboxylic acids is 2. The van der Waals surface area contributed by atoms with Crippen LogP contribution in [0.3, 0.4) is 0 Å². The summed E-state index contributed by atoms with van der Waals surface area (Å²) in [6, 6.07) is 14.4. The first-order valence-corrected chi connectivity index (χ1v) is 15.0. The van der Waals surface area contributed by atoms with Crippen LogP contribution in [0, 0.1) is 20.8 Å². The maximum atomic E-state index is 13.8. The van der Waals surface area contributed by atoms with Crippen molar-refractivity contribution in [2.45, 2.75) is 36.9 Å². The highest BCUT2D eigenvalue weighted by Gasteiger charge is 2.46. The zero-order valence-electron chi connectivity index (χ0n) is 22.1. The Bertz CT molecular complexity index is 1620. The third kappa shape index (κ3) is 5.58. The van der Waals surface area contributed by atoms with Crippen molar-refractivity contribution in [3.8, 4) is 5.75 Å². The number of hydrogen-bond acceptors (Lipinski definition) is 10. The van der Waals surface area contributed by atoms with Crippen molar-refractivity contribution in [2.75, 3.05) is 11.5 Å². The lowest BCUT2D eigenvalue weighted by Crippen LogP contribution is -2.31. The van der Waals surface area contributed by atoms with Gasteiger partial charge in [0, 0.05) is 5.75 Å². The number of nitrogens with zero attached hydrogens (tertiary/aromatic N) is 4. The molecule has 1 aliphatic heterocycles. The van der Waals surface area contributed by atoms with E-state index in [1.54, 1.807) is 37.3 Å². The van der Waals surface area contributed by atoms with Crippen molar-refractivity contribution in [3.63, 3.8) is 0 Å². The molecule has 0 fully saturated rings. The van der Waals surface area contributed by atoms with Crippen molar-refractivity contribution in [1.82, 2.24) is 15.2 Å². The largest absolute Gasteiger partial charge is 0.503 e. The SMILES string of the molecule is C=CCOc1cccc(C2C(C(=O)c3sc(C)nc3C)=C(O)C(=O)N2c2nnc(SCc3ccc(C)cc3)s2)c1. The van der Waals surface area contributed by atoms with E-state index in [1.165, 1.54) is 44.9 Å². The minimum Gasteiger partial charge on any atom is -0.503 e. The molecule has 1 aliphatic rings.